The van der Waals surface area contributed by atoms with Gasteiger partial charge >= 0.3 is 0 Å². The average Bonchev–Trinajstić information content (AvgIpc) is 2.77. The molecule has 2 fully saturated rings. The Morgan fingerprint density at radius 2 is 1.83 bits per heavy atom. The Hall–Kier alpha value is -2.08. The number of nitrogens with one attached hydrogen (secondary N) is 1. The van der Waals surface area contributed by atoms with E-state index >= 15 is 0 Å². The van der Waals surface area contributed by atoms with Gasteiger partial charge in [-0.15, -0.1) is 0 Å². The van der Waals surface area contributed by atoms with E-state index < -0.39 is 0 Å². The van der Waals surface area contributed by atoms with Gasteiger partial charge in [0.1, 0.15) is 0 Å². The first-order chi connectivity index (χ1) is 14.2. The number of nitrogens with zero attached hydrogens (tertiary/aromatic N) is 2. The molecule has 6 heteroatoms. The summed E-state index contributed by atoms with van der Waals surface area (Å²) in [5.74, 6) is 0.109. The Bertz CT molecular complexity index is 821. The highest BCUT2D eigenvalue weighted by atomic mass is 35.5. The molecule has 2 aliphatic heterocycles. The van der Waals surface area contributed by atoms with Crippen LogP contribution in [0.1, 0.15) is 18.4 Å². The van der Waals surface area contributed by atoms with Gasteiger partial charge < -0.3 is 15.0 Å². The van der Waals surface area contributed by atoms with Crippen LogP contribution in [0.2, 0.25) is 5.02 Å². The fourth-order valence-electron chi connectivity index (χ4n) is 4.10. The van der Waals surface area contributed by atoms with E-state index in [9.17, 15) is 4.79 Å². The number of hydrogen-bond donors (Lipinski definition) is 1. The number of amides is 1. The number of rotatable bonds is 5. The largest absolute Gasteiger partial charge is 0.378 e. The molecular formula is C23H28ClN3O2. The highest BCUT2D eigenvalue weighted by Crippen LogP contribution is 2.24. The maximum absolute atomic E-state index is 12.8. The van der Waals surface area contributed by atoms with E-state index in [4.69, 9.17) is 16.3 Å². The first-order valence-corrected chi connectivity index (χ1v) is 10.8. The Morgan fingerprint density at radius 1 is 1.07 bits per heavy atom. The number of halogens is 1. The lowest BCUT2D eigenvalue weighted by Gasteiger charge is -2.32. The van der Waals surface area contributed by atoms with Crippen molar-refractivity contribution in [3.63, 3.8) is 0 Å². The van der Waals surface area contributed by atoms with Gasteiger partial charge in [-0.2, -0.15) is 0 Å². The summed E-state index contributed by atoms with van der Waals surface area (Å²) in [5, 5.41) is 3.89. The minimum atomic E-state index is 0.00478. The average molecular weight is 414 g/mol. The van der Waals surface area contributed by atoms with Gasteiger partial charge in [-0.25, -0.2) is 0 Å². The number of carbonyl (C=O) groups is 1. The molecule has 0 aliphatic carbocycles. The third kappa shape index (κ3) is 5.30. The lowest BCUT2D eigenvalue weighted by Crippen LogP contribution is -2.40. The fraction of sp³-hybridized carbons (Fsp3) is 0.435. The molecule has 5 nitrogen and oxygen atoms in total. The van der Waals surface area contributed by atoms with Crippen LogP contribution in [0, 0.1) is 5.92 Å². The molecule has 2 saturated heterocycles. The van der Waals surface area contributed by atoms with Crippen molar-refractivity contribution in [3.8, 4) is 0 Å². The number of anilines is 2. The number of benzene rings is 2. The SMILES string of the molecule is O=C(Nc1ccc(N2CCOCC2)cc1)[C@H]1CCCN(Cc2ccccc2Cl)C1. The zero-order valence-corrected chi connectivity index (χ0v) is 17.4. The zero-order chi connectivity index (χ0) is 20.1. The Morgan fingerprint density at radius 3 is 2.59 bits per heavy atom. The molecule has 0 radical (unpaired) electrons. The van der Waals surface area contributed by atoms with Gasteiger partial charge in [0, 0.05) is 42.6 Å². The standard InChI is InChI=1S/C23H28ClN3O2/c24-22-6-2-1-4-18(22)16-26-11-3-5-19(17-26)23(28)25-20-7-9-21(10-8-20)27-12-14-29-15-13-27/h1-2,4,6-10,19H,3,5,11-17H2,(H,25,28)/t19-/m0/s1. The summed E-state index contributed by atoms with van der Waals surface area (Å²) in [5.41, 5.74) is 3.15. The minimum Gasteiger partial charge on any atom is -0.378 e. The maximum atomic E-state index is 12.8. The first-order valence-electron chi connectivity index (χ1n) is 10.4. The van der Waals surface area contributed by atoms with Gasteiger partial charge in [-0.3, -0.25) is 9.69 Å². The molecule has 0 bridgehead atoms. The summed E-state index contributed by atoms with van der Waals surface area (Å²) in [7, 11) is 0. The van der Waals surface area contributed by atoms with Crippen molar-refractivity contribution in [1.82, 2.24) is 4.90 Å². The fourth-order valence-corrected chi connectivity index (χ4v) is 4.30. The van der Waals surface area contributed by atoms with E-state index in [1.54, 1.807) is 0 Å². The summed E-state index contributed by atoms with van der Waals surface area (Å²) >= 11 is 6.30. The molecule has 2 aromatic carbocycles. The smallest absolute Gasteiger partial charge is 0.228 e. The summed E-state index contributed by atoms with van der Waals surface area (Å²) in [4.78, 5) is 17.5. The monoisotopic (exact) mass is 413 g/mol. The van der Waals surface area contributed by atoms with Crippen LogP contribution in [-0.2, 0) is 16.1 Å². The van der Waals surface area contributed by atoms with Crippen LogP contribution in [0.15, 0.2) is 48.5 Å². The van der Waals surface area contributed by atoms with E-state index in [2.05, 4.69) is 33.3 Å². The molecule has 1 atom stereocenters. The van der Waals surface area contributed by atoms with E-state index in [0.717, 1.165) is 75.1 Å². The molecule has 1 amide bonds. The molecule has 0 spiro atoms. The molecule has 2 heterocycles. The van der Waals surface area contributed by atoms with E-state index in [0.29, 0.717) is 0 Å². The third-order valence-corrected chi connectivity index (χ3v) is 6.11. The van der Waals surface area contributed by atoms with Crippen molar-refractivity contribution in [1.29, 1.82) is 0 Å². The normalized spacial score (nSPS) is 20.4. The highest BCUT2D eigenvalue weighted by Gasteiger charge is 2.26. The predicted molar refractivity (Wildman–Crippen MR) is 118 cm³/mol. The van der Waals surface area contributed by atoms with Crippen LogP contribution in [0.5, 0.6) is 0 Å². The van der Waals surface area contributed by atoms with Gasteiger partial charge in [0.15, 0.2) is 0 Å². The van der Waals surface area contributed by atoms with Gasteiger partial charge in [-0.1, -0.05) is 29.8 Å². The molecule has 29 heavy (non-hydrogen) atoms. The predicted octanol–water partition coefficient (Wildman–Crippen LogP) is 4.03. The van der Waals surface area contributed by atoms with Gasteiger partial charge in [0.2, 0.25) is 5.91 Å². The van der Waals surface area contributed by atoms with E-state index in [1.807, 2.05) is 30.3 Å². The van der Waals surface area contributed by atoms with Crippen molar-refractivity contribution in [2.75, 3.05) is 49.6 Å². The number of hydrogen-bond acceptors (Lipinski definition) is 4. The van der Waals surface area contributed by atoms with Crippen molar-refractivity contribution < 1.29 is 9.53 Å². The molecule has 2 aliphatic rings. The number of morpholine rings is 1. The van der Waals surface area contributed by atoms with Crippen LogP contribution in [-0.4, -0.2) is 50.2 Å². The van der Waals surface area contributed by atoms with Gasteiger partial charge in [0.25, 0.3) is 0 Å². The van der Waals surface area contributed by atoms with Gasteiger partial charge in [-0.05, 0) is 55.3 Å². The molecular weight excluding hydrogens is 386 g/mol. The number of piperidine rings is 1. The number of carbonyl (C=O) groups excluding carboxylic acids is 1. The van der Waals surface area contributed by atoms with Crippen LogP contribution in [0.3, 0.4) is 0 Å². The zero-order valence-electron chi connectivity index (χ0n) is 16.6. The summed E-state index contributed by atoms with van der Waals surface area (Å²) in [6, 6.07) is 16.1. The van der Waals surface area contributed by atoms with Crippen molar-refractivity contribution in [2.24, 2.45) is 5.92 Å². The second-order valence-electron chi connectivity index (χ2n) is 7.80. The molecule has 0 saturated carbocycles. The second kappa shape index (κ2) is 9.61. The van der Waals surface area contributed by atoms with Crippen LogP contribution >= 0.6 is 11.6 Å². The minimum absolute atomic E-state index is 0.00478. The number of likely N-dealkylation sites (tertiary alicyclic amines) is 1. The Labute approximate surface area is 177 Å². The molecule has 4 rings (SSSR count). The second-order valence-corrected chi connectivity index (χ2v) is 8.21. The molecule has 154 valence electrons. The summed E-state index contributed by atoms with van der Waals surface area (Å²) in [6.07, 6.45) is 1.95. The highest BCUT2D eigenvalue weighted by molar-refractivity contribution is 6.31. The summed E-state index contributed by atoms with van der Waals surface area (Å²) in [6.45, 7) is 5.92. The van der Waals surface area contributed by atoms with Crippen molar-refractivity contribution in [3.05, 3.63) is 59.1 Å². The van der Waals surface area contributed by atoms with Crippen molar-refractivity contribution in [2.45, 2.75) is 19.4 Å². The third-order valence-electron chi connectivity index (χ3n) is 5.74. The lowest BCUT2D eigenvalue weighted by molar-refractivity contribution is -0.121. The lowest BCUT2D eigenvalue weighted by atomic mass is 9.96. The first kappa shape index (κ1) is 20.2. The van der Waals surface area contributed by atoms with Crippen molar-refractivity contribution >= 4 is 28.9 Å². The number of ether oxygens (including phenoxy) is 1. The van der Waals surface area contributed by atoms with Crippen LogP contribution < -0.4 is 10.2 Å². The summed E-state index contributed by atoms with van der Waals surface area (Å²) < 4.78 is 5.41. The molecule has 0 aromatic heterocycles. The van der Waals surface area contributed by atoms with E-state index in [-0.39, 0.29) is 11.8 Å². The van der Waals surface area contributed by atoms with Crippen LogP contribution in [0.25, 0.3) is 0 Å². The van der Waals surface area contributed by atoms with E-state index in [1.165, 1.54) is 5.69 Å². The molecule has 2 aromatic rings. The Balaban J connectivity index is 1.32. The quantitative estimate of drug-likeness (QED) is 0.803. The molecule has 1 N–H and O–H groups in total. The molecule has 0 unspecified atom stereocenters. The topological polar surface area (TPSA) is 44.8 Å². The van der Waals surface area contributed by atoms with Crippen LogP contribution in [0.4, 0.5) is 11.4 Å². The maximum Gasteiger partial charge on any atom is 0.228 e. The van der Waals surface area contributed by atoms with Gasteiger partial charge in [0.05, 0.1) is 19.1 Å². The Kier molecular flexibility index (Phi) is 6.70.